The molecule has 4 aromatic carbocycles. The number of hydrogen-bond donors (Lipinski definition) is 4. The minimum absolute atomic E-state index is 0. The van der Waals surface area contributed by atoms with Crippen molar-refractivity contribution in [3.8, 4) is 22.6 Å². The summed E-state index contributed by atoms with van der Waals surface area (Å²) in [6.45, 7) is 11.3. The summed E-state index contributed by atoms with van der Waals surface area (Å²) < 4.78 is 17.4. The molecule has 1 heterocycles. The molecule has 0 radical (unpaired) electrons. The first kappa shape index (κ1) is 61.7. The second-order valence-corrected chi connectivity index (χ2v) is 16.1. The van der Waals surface area contributed by atoms with Crippen molar-refractivity contribution in [1.82, 2.24) is 26.4 Å². The van der Waals surface area contributed by atoms with Crippen molar-refractivity contribution in [3.63, 3.8) is 0 Å². The summed E-state index contributed by atoms with van der Waals surface area (Å²) in [5, 5.41) is 15.5. The van der Waals surface area contributed by atoms with Gasteiger partial charge in [-0.2, -0.15) is 0 Å². The van der Waals surface area contributed by atoms with E-state index in [0.29, 0.717) is 45.5 Å². The Morgan fingerprint density at radius 3 is 1.34 bits per heavy atom. The Hall–Kier alpha value is -5.37. The molecule has 2 unspecified atom stereocenters. The van der Waals surface area contributed by atoms with Crippen molar-refractivity contribution in [2.45, 2.75) is 116 Å². The minimum Gasteiger partial charge on any atom is -0.489 e. The second kappa shape index (κ2) is 29.2. The van der Waals surface area contributed by atoms with Gasteiger partial charge in [-0.05, 0) is 107 Å². The molecule has 15 heteroatoms. The fourth-order valence-electron chi connectivity index (χ4n) is 6.03. The molecular formula is C50H70BrCl2N5O7. The van der Waals surface area contributed by atoms with E-state index in [9.17, 15) is 19.2 Å². The predicted molar refractivity (Wildman–Crippen MR) is 272 cm³/mol. The van der Waals surface area contributed by atoms with E-state index in [2.05, 4.69) is 42.4 Å². The summed E-state index contributed by atoms with van der Waals surface area (Å²) in [5.74, 6) is 0.443. The Morgan fingerprint density at radius 1 is 0.631 bits per heavy atom. The maximum absolute atomic E-state index is 12.8. The molecule has 4 amide bonds. The van der Waals surface area contributed by atoms with Gasteiger partial charge in [-0.25, -0.2) is 0 Å². The van der Waals surface area contributed by atoms with Crippen molar-refractivity contribution in [3.05, 3.63) is 133 Å². The molecule has 0 spiro atoms. The van der Waals surface area contributed by atoms with Crippen LogP contribution in [0.3, 0.4) is 0 Å². The van der Waals surface area contributed by atoms with Crippen LogP contribution in [0.5, 0.6) is 11.5 Å². The van der Waals surface area contributed by atoms with Gasteiger partial charge in [-0.15, -0.1) is 0 Å². The zero-order valence-electron chi connectivity index (χ0n) is 34.7. The number of rotatable bonds is 15. The monoisotopic (exact) mass is 1000 g/mol. The average molecular weight is 1000 g/mol. The molecule has 0 fully saturated rings. The van der Waals surface area contributed by atoms with Gasteiger partial charge in [0.2, 0.25) is 11.8 Å². The quantitative estimate of drug-likeness (QED) is 0.0806. The van der Waals surface area contributed by atoms with Crippen LogP contribution >= 0.6 is 39.1 Å². The van der Waals surface area contributed by atoms with Crippen LogP contribution in [-0.2, 0) is 22.4 Å². The first-order valence-electron chi connectivity index (χ1n) is 19.2. The van der Waals surface area contributed by atoms with Gasteiger partial charge in [0.1, 0.15) is 29.3 Å². The molecule has 358 valence electrons. The summed E-state index contributed by atoms with van der Waals surface area (Å²) in [4.78, 5) is 50.1. The van der Waals surface area contributed by atoms with Crippen molar-refractivity contribution in [2.24, 2.45) is 0 Å². The molecule has 0 bridgehead atoms. The predicted octanol–water partition coefficient (Wildman–Crippen LogP) is 11.6. The summed E-state index contributed by atoms with van der Waals surface area (Å²) >= 11 is 15.8. The lowest BCUT2D eigenvalue weighted by Crippen LogP contribution is -2.47. The number of hydrogen-bond acceptors (Lipinski definition) is 8. The van der Waals surface area contributed by atoms with Gasteiger partial charge < -0.3 is 35.3 Å². The number of aryl methyl sites for hydroxylation is 2. The standard InChI is InChI=1S/C25H28ClN3O4.C20H22BrClN2O3.5CH4/c1-14(2)32-22-11-10-19(13-20(22)26)24(30)28-21(25(31)27-5)12-17-6-8-18(9-7-17)23-15(3)29-33-16(23)4;1-12(2)27-18-9-6-14(11-16(18)22)19(25)24-17(20(26)23-3)10-13-4-7-15(21)8-5-13;;;;;/h6-11,13-14,21H,12H2,1-5H3,(H,27,31)(H,28,30);4-9,11-12,17H,10H2,1-3H3,(H,23,26)(H,24,25);5*1H4. The van der Waals surface area contributed by atoms with Crippen LogP contribution in [0.4, 0.5) is 0 Å². The average Bonchev–Trinajstić information content (AvgIpc) is 3.55. The summed E-state index contributed by atoms with van der Waals surface area (Å²) in [6, 6.07) is 23.5. The first-order valence-corrected chi connectivity index (χ1v) is 20.8. The van der Waals surface area contributed by atoms with E-state index in [1.807, 2.05) is 90.1 Å². The van der Waals surface area contributed by atoms with Gasteiger partial charge >= 0.3 is 0 Å². The Balaban J connectivity index is 0. The number of carbonyl (C=O) groups is 4. The van der Waals surface area contributed by atoms with Crippen LogP contribution in [0.1, 0.15) is 108 Å². The van der Waals surface area contributed by atoms with Gasteiger partial charge in [-0.3, -0.25) is 19.2 Å². The number of aromatic nitrogens is 1. The molecule has 12 nitrogen and oxygen atoms in total. The Morgan fingerprint density at radius 2 is 1.02 bits per heavy atom. The largest absolute Gasteiger partial charge is 0.489 e. The summed E-state index contributed by atoms with van der Waals surface area (Å²) in [7, 11) is 3.08. The van der Waals surface area contributed by atoms with Gasteiger partial charge in [0.25, 0.3) is 11.8 Å². The van der Waals surface area contributed by atoms with E-state index in [1.165, 1.54) is 26.2 Å². The van der Waals surface area contributed by atoms with Crippen LogP contribution in [-0.4, -0.2) is 67.2 Å². The molecule has 5 aromatic rings. The van der Waals surface area contributed by atoms with Crippen LogP contribution in [0.25, 0.3) is 11.1 Å². The third kappa shape index (κ3) is 18.2. The van der Waals surface area contributed by atoms with E-state index in [1.54, 1.807) is 24.3 Å². The van der Waals surface area contributed by atoms with Crippen LogP contribution in [0.15, 0.2) is 93.9 Å². The van der Waals surface area contributed by atoms with E-state index >= 15 is 0 Å². The SMILES string of the molecule is C.C.C.C.C.CNC(=O)C(Cc1ccc(-c2c(C)noc2C)cc1)NC(=O)c1ccc(OC(C)C)c(Cl)c1.CNC(=O)C(Cc1ccc(Br)cc1)NC(=O)c1ccc(OC(C)C)c(Cl)c1. The Kier molecular flexibility index (Phi) is 27.7. The molecule has 5 rings (SSSR count). The Bertz CT molecular complexity index is 2250. The molecule has 0 saturated carbocycles. The Labute approximate surface area is 406 Å². The van der Waals surface area contributed by atoms with Crippen molar-refractivity contribution in [1.29, 1.82) is 0 Å². The van der Waals surface area contributed by atoms with E-state index < -0.39 is 18.0 Å². The van der Waals surface area contributed by atoms with Crippen molar-refractivity contribution in [2.75, 3.05) is 14.1 Å². The fourth-order valence-corrected chi connectivity index (χ4v) is 6.74. The van der Waals surface area contributed by atoms with Crippen molar-refractivity contribution < 1.29 is 33.2 Å². The number of ether oxygens (including phenoxy) is 2. The topological polar surface area (TPSA) is 161 Å². The van der Waals surface area contributed by atoms with Crippen molar-refractivity contribution >= 4 is 62.8 Å². The lowest BCUT2D eigenvalue weighted by Gasteiger charge is -2.18. The number of likely N-dealkylation sites (N-methyl/N-ethyl adjacent to an activating group) is 2. The third-order valence-electron chi connectivity index (χ3n) is 8.92. The van der Waals surface area contributed by atoms with Gasteiger partial charge in [0.15, 0.2) is 0 Å². The highest BCUT2D eigenvalue weighted by Crippen LogP contribution is 2.29. The number of nitrogens with zero attached hydrogens (tertiary/aromatic N) is 1. The van der Waals surface area contributed by atoms with Crippen LogP contribution in [0, 0.1) is 13.8 Å². The molecule has 65 heavy (non-hydrogen) atoms. The number of benzene rings is 4. The highest BCUT2D eigenvalue weighted by Gasteiger charge is 2.23. The maximum atomic E-state index is 12.8. The second-order valence-electron chi connectivity index (χ2n) is 14.3. The first-order chi connectivity index (χ1) is 28.5. The number of amides is 4. The lowest BCUT2D eigenvalue weighted by atomic mass is 9.99. The van der Waals surface area contributed by atoms with Gasteiger partial charge in [-0.1, -0.05) is 118 Å². The van der Waals surface area contributed by atoms with E-state index in [0.717, 1.165) is 38.2 Å². The van der Waals surface area contributed by atoms with Gasteiger partial charge in [0, 0.05) is 48.1 Å². The molecule has 0 aliphatic rings. The fraction of sp³-hybridized carbons (Fsp3) is 0.380. The number of halogens is 3. The number of nitrogens with one attached hydrogen (secondary N) is 4. The van der Waals surface area contributed by atoms with E-state index in [-0.39, 0.29) is 67.1 Å². The molecule has 0 aliphatic heterocycles. The minimum atomic E-state index is -0.752. The number of carbonyl (C=O) groups excluding carboxylic acids is 4. The molecule has 0 aliphatic carbocycles. The molecule has 0 saturated heterocycles. The van der Waals surface area contributed by atoms with Gasteiger partial charge in [0.05, 0.1) is 27.9 Å². The van der Waals surface area contributed by atoms with Crippen LogP contribution in [0.2, 0.25) is 10.0 Å². The maximum Gasteiger partial charge on any atom is 0.251 e. The molecule has 2 atom stereocenters. The third-order valence-corrected chi connectivity index (χ3v) is 10.0. The molecule has 1 aromatic heterocycles. The zero-order valence-corrected chi connectivity index (χ0v) is 37.8. The normalized spacial score (nSPS) is 10.9. The van der Waals surface area contributed by atoms with Crippen LogP contribution < -0.4 is 30.7 Å². The summed E-state index contributed by atoms with van der Waals surface area (Å²) in [6.07, 6.45) is 0.644. The summed E-state index contributed by atoms with van der Waals surface area (Å²) in [5.41, 5.74) is 5.30. The highest BCUT2D eigenvalue weighted by molar-refractivity contribution is 9.10. The highest BCUT2D eigenvalue weighted by atomic mass is 79.9. The lowest BCUT2D eigenvalue weighted by molar-refractivity contribution is -0.123. The zero-order chi connectivity index (χ0) is 44.1. The molecule has 4 N–H and O–H groups in total. The smallest absolute Gasteiger partial charge is 0.251 e. The molecular weight excluding hydrogens is 933 g/mol. The van der Waals surface area contributed by atoms with E-state index in [4.69, 9.17) is 37.2 Å².